The molecule has 0 saturated carbocycles. The second kappa shape index (κ2) is 6.58. The highest BCUT2D eigenvalue weighted by atomic mass is 35.5. The first kappa shape index (κ1) is 14.8. The third kappa shape index (κ3) is 4.91. The fourth-order valence-electron chi connectivity index (χ4n) is 1.26. The van der Waals surface area contributed by atoms with Crippen LogP contribution in [0.25, 0.3) is 0 Å². The van der Waals surface area contributed by atoms with Crippen LogP contribution in [-0.4, -0.2) is 23.0 Å². The summed E-state index contributed by atoms with van der Waals surface area (Å²) in [4.78, 5) is 22.0. The summed E-state index contributed by atoms with van der Waals surface area (Å²) in [5, 5.41) is 11.9. The number of hydrogen-bond donors (Lipinski definition) is 3. The van der Waals surface area contributed by atoms with Crippen LogP contribution in [-0.2, 0) is 9.59 Å². The molecule has 1 atom stereocenters. The number of amides is 1. The standard InChI is InChI=1S/C11H12Cl2N2O3/c12-6-3-7(13)5-8(4-6)15-10(16)2-1-9(14)11(17)18/h3-5,9H,1-2,14H2,(H,15,16)(H,17,18). The van der Waals surface area contributed by atoms with Crippen molar-refractivity contribution in [3.05, 3.63) is 28.2 Å². The Kier molecular flexibility index (Phi) is 5.40. The Morgan fingerprint density at radius 2 is 1.83 bits per heavy atom. The van der Waals surface area contributed by atoms with Crippen LogP contribution in [0.3, 0.4) is 0 Å². The van der Waals surface area contributed by atoms with Gasteiger partial charge in [-0.25, -0.2) is 0 Å². The molecule has 0 saturated heterocycles. The van der Waals surface area contributed by atoms with Crippen molar-refractivity contribution >= 4 is 40.8 Å². The molecule has 0 aliphatic heterocycles. The van der Waals surface area contributed by atoms with Gasteiger partial charge >= 0.3 is 5.97 Å². The Balaban J connectivity index is 2.52. The summed E-state index contributed by atoms with van der Waals surface area (Å²) in [5.74, 6) is -1.47. The normalized spacial score (nSPS) is 11.9. The third-order valence-corrected chi connectivity index (χ3v) is 2.58. The first-order chi connectivity index (χ1) is 8.38. The number of rotatable bonds is 5. The molecule has 1 aromatic carbocycles. The number of nitrogens with two attached hydrogens (primary N) is 1. The van der Waals surface area contributed by atoms with Gasteiger partial charge in [0, 0.05) is 22.2 Å². The van der Waals surface area contributed by atoms with Crippen LogP contribution in [0, 0.1) is 0 Å². The minimum absolute atomic E-state index is 0.0115. The first-order valence-corrected chi connectivity index (χ1v) is 5.88. The highest BCUT2D eigenvalue weighted by Gasteiger charge is 2.13. The van der Waals surface area contributed by atoms with Crippen LogP contribution in [0.15, 0.2) is 18.2 Å². The van der Waals surface area contributed by atoms with Gasteiger partial charge in [0.25, 0.3) is 0 Å². The molecule has 7 heteroatoms. The van der Waals surface area contributed by atoms with E-state index in [4.69, 9.17) is 34.0 Å². The van der Waals surface area contributed by atoms with Crippen molar-refractivity contribution in [1.29, 1.82) is 0 Å². The first-order valence-electron chi connectivity index (χ1n) is 5.13. The maximum absolute atomic E-state index is 11.5. The van der Waals surface area contributed by atoms with Crippen LogP contribution in [0.4, 0.5) is 5.69 Å². The molecule has 0 spiro atoms. The summed E-state index contributed by atoms with van der Waals surface area (Å²) in [5.41, 5.74) is 5.74. The van der Waals surface area contributed by atoms with Crippen molar-refractivity contribution in [2.45, 2.75) is 18.9 Å². The highest BCUT2D eigenvalue weighted by Crippen LogP contribution is 2.22. The molecule has 1 rings (SSSR count). The molecule has 1 aromatic rings. The lowest BCUT2D eigenvalue weighted by atomic mass is 10.1. The number of aliphatic carboxylic acids is 1. The van der Waals surface area contributed by atoms with E-state index >= 15 is 0 Å². The molecule has 4 N–H and O–H groups in total. The lowest BCUT2D eigenvalue weighted by molar-refractivity contribution is -0.138. The van der Waals surface area contributed by atoms with E-state index in [0.29, 0.717) is 15.7 Å². The minimum atomic E-state index is -1.13. The van der Waals surface area contributed by atoms with Crippen LogP contribution < -0.4 is 11.1 Å². The minimum Gasteiger partial charge on any atom is -0.480 e. The number of halogens is 2. The average molecular weight is 291 g/mol. The largest absolute Gasteiger partial charge is 0.480 e. The zero-order valence-electron chi connectivity index (χ0n) is 9.32. The van der Waals surface area contributed by atoms with Crippen molar-refractivity contribution in [3.8, 4) is 0 Å². The maximum atomic E-state index is 11.5. The van der Waals surface area contributed by atoms with Gasteiger partial charge in [0.2, 0.25) is 5.91 Å². The molecular weight excluding hydrogens is 279 g/mol. The number of carboxylic acid groups (broad SMARTS) is 1. The zero-order valence-corrected chi connectivity index (χ0v) is 10.8. The molecule has 5 nitrogen and oxygen atoms in total. The summed E-state index contributed by atoms with van der Waals surface area (Å²) in [7, 11) is 0. The van der Waals surface area contributed by atoms with E-state index in [0.717, 1.165) is 0 Å². The quantitative estimate of drug-likeness (QED) is 0.774. The predicted octanol–water partition coefficient (Wildman–Crippen LogP) is 2.12. The van der Waals surface area contributed by atoms with E-state index in [-0.39, 0.29) is 18.7 Å². The van der Waals surface area contributed by atoms with Gasteiger partial charge in [0.15, 0.2) is 0 Å². The topological polar surface area (TPSA) is 92.4 Å². The Bertz CT molecular complexity index is 445. The molecule has 0 aliphatic rings. The molecule has 1 unspecified atom stereocenters. The summed E-state index contributed by atoms with van der Waals surface area (Å²) in [6.45, 7) is 0. The maximum Gasteiger partial charge on any atom is 0.320 e. The summed E-state index contributed by atoms with van der Waals surface area (Å²) >= 11 is 11.5. The highest BCUT2D eigenvalue weighted by molar-refractivity contribution is 6.35. The lowest BCUT2D eigenvalue weighted by Gasteiger charge is -2.08. The molecule has 1 amide bonds. The zero-order chi connectivity index (χ0) is 13.7. The van der Waals surface area contributed by atoms with Crippen LogP contribution in [0.2, 0.25) is 10.0 Å². The van der Waals surface area contributed by atoms with Crippen molar-refractivity contribution in [1.82, 2.24) is 0 Å². The van der Waals surface area contributed by atoms with E-state index in [1.807, 2.05) is 0 Å². The van der Waals surface area contributed by atoms with Gasteiger partial charge in [-0.2, -0.15) is 0 Å². The van der Waals surface area contributed by atoms with Crippen LogP contribution >= 0.6 is 23.2 Å². The molecule has 0 aromatic heterocycles. The molecular formula is C11H12Cl2N2O3. The molecule has 0 fully saturated rings. The number of carbonyl (C=O) groups excluding carboxylic acids is 1. The monoisotopic (exact) mass is 290 g/mol. The molecule has 18 heavy (non-hydrogen) atoms. The van der Waals surface area contributed by atoms with Crippen molar-refractivity contribution in [2.75, 3.05) is 5.32 Å². The van der Waals surface area contributed by atoms with Gasteiger partial charge in [-0.3, -0.25) is 9.59 Å². The molecule has 0 bridgehead atoms. The van der Waals surface area contributed by atoms with Crippen LogP contribution in [0.5, 0.6) is 0 Å². The summed E-state index contributed by atoms with van der Waals surface area (Å²) in [6.07, 6.45) is 0.0765. The molecule has 0 heterocycles. The van der Waals surface area contributed by atoms with Gasteiger partial charge in [0.1, 0.15) is 6.04 Å². The SMILES string of the molecule is NC(CCC(=O)Nc1cc(Cl)cc(Cl)c1)C(=O)O. The summed E-state index contributed by atoms with van der Waals surface area (Å²) < 4.78 is 0. The number of nitrogens with one attached hydrogen (secondary N) is 1. The molecule has 0 radical (unpaired) electrons. The smallest absolute Gasteiger partial charge is 0.320 e. The van der Waals surface area contributed by atoms with E-state index in [2.05, 4.69) is 5.32 Å². The fraction of sp³-hybridized carbons (Fsp3) is 0.273. The second-order valence-corrected chi connectivity index (χ2v) is 4.56. The molecule has 0 aliphatic carbocycles. The Labute approximate surface area is 114 Å². The number of carboxylic acids is 1. The number of benzene rings is 1. The van der Waals surface area contributed by atoms with E-state index in [1.54, 1.807) is 18.2 Å². The van der Waals surface area contributed by atoms with Gasteiger partial charge < -0.3 is 16.2 Å². The van der Waals surface area contributed by atoms with Crippen molar-refractivity contribution in [3.63, 3.8) is 0 Å². The second-order valence-electron chi connectivity index (χ2n) is 3.69. The van der Waals surface area contributed by atoms with Gasteiger partial charge in [-0.05, 0) is 24.6 Å². The third-order valence-electron chi connectivity index (χ3n) is 2.15. The van der Waals surface area contributed by atoms with Gasteiger partial charge in [-0.1, -0.05) is 23.2 Å². The molecule has 98 valence electrons. The number of carbonyl (C=O) groups is 2. The number of anilines is 1. The Hall–Kier alpha value is -1.30. The van der Waals surface area contributed by atoms with Crippen LogP contribution in [0.1, 0.15) is 12.8 Å². The van der Waals surface area contributed by atoms with E-state index in [9.17, 15) is 9.59 Å². The van der Waals surface area contributed by atoms with Crippen molar-refractivity contribution < 1.29 is 14.7 Å². The lowest BCUT2D eigenvalue weighted by Crippen LogP contribution is -2.31. The Morgan fingerprint density at radius 3 is 2.33 bits per heavy atom. The fourth-order valence-corrected chi connectivity index (χ4v) is 1.79. The van der Waals surface area contributed by atoms with E-state index < -0.39 is 12.0 Å². The summed E-state index contributed by atoms with van der Waals surface area (Å²) in [6, 6.07) is 3.59. The predicted molar refractivity (Wildman–Crippen MR) is 69.9 cm³/mol. The van der Waals surface area contributed by atoms with Gasteiger partial charge in [-0.15, -0.1) is 0 Å². The van der Waals surface area contributed by atoms with Gasteiger partial charge in [0.05, 0.1) is 0 Å². The Morgan fingerprint density at radius 1 is 1.28 bits per heavy atom. The number of hydrogen-bond acceptors (Lipinski definition) is 3. The van der Waals surface area contributed by atoms with Crippen molar-refractivity contribution in [2.24, 2.45) is 5.73 Å². The van der Waals surface area contributed by atoms with E-state index in [1.165, 1.54) is 0 Å². The average Bonchev–Trinajstić information content (AvgIpc) is 2.24.